The van der Waals surface area contributed by atoms with E-state index < -0.39 is 0 Å². The maximum absolute atomic E-state index is 6.66. The van der Waals surface area contributed by atoms with Gasteiger partial charge in [0.05, 0.1) is 11.0 Å². The molecule has 338 valence electrons. The molecule has 0 fully saturated rings. The Kier molecular flexibility index (Phi) is 8.61. The number of fused-ring (bicyclic) bond motifs is 12. The highest BCUT2D eigenvalue weighted by Crippen LogP contribution is 2.51. The SMILES string of the molecule is CC1(C)c2ccccc2-c2cc3c(cc21)c1cc(-c2ccc4oc5cccc(-c6nc(-c7ccccc7)nc(-c7cc(-c8ccccc8)c8c(c7)oc7ccccc78)n6)c5c4c2)ccc1n3-c1ccccc1. The van der Waals surface area contributed by atoms with Gasteiger partial charge >= 0.3 is 0 Å². The maximum Gasteiger partial charge on any atom is 0.164 e. The number of para-hydroxylation sites is 2. The topological polar surface area (TPSA) is 69.9 Å². The standard InChI is InChI=1S/C66H42N4O2/c1-66(2)53-26-14-12-23-45(53)49-38-56-51(37-54(49)66)50-33-41(29-31-55(50)70(56)44-21-10-5-11-22-44)42-30-32-58-52(34-42)62-47(25-16-28-59(62)71-58)65-68-63(40-19-8-4-9-20-40)67-64(69-65)43-35-48(39-17-6-3-7-18-39)61-46-24-13-15-27-57(46)72-60(61)36-43/h3-38H,1-2H3. The lowest BCUT2D eigenvalue weighted by molar-refractivity contribution is 0.661. The van der Waals surface area contributed by atoms with Crippen molar-refractivity contribution in [1.29, 1.82) is 0 Å². The quantitative estimate of drug-likeness (QED) is 0.166. The van der Waals surface area contributed by atoms with Crippen molar-refractivity contribution >= 4 is 65.7 Å². The molecule has 1 aliphatic rings. The zero-order valence-corrected chi connectivity index (χ0v) is 39.4. The number of hydrogen-bond acceptors (Lipinski definition) is 5. The molecule has 72 heavy (non-hydrogen) atoms. The van der Waals surface area contributed by atoms with Crippen LogP contribution in [0.25, 0.3) is 139 Å². The Morgan fingerprint density at radius 1 is 0.333 bits per heavy atom. The van der Waals surface area contributed by atoms with Crippen LogP contribution in [-0.2, 0) is 5.41 Å². The summed E-state index contributed by atoms with van der Waals surface area (Å²) in [5.41, 5.74) is 18.8. The molecule has 14 aromatic rings. The molecule has 0 N–H and O–H groups in total. The summed E-state index contributed by atoms with van der Waals surface area (Å²) in [5.74, 6) is 1.67. The zero-order valence-electron chi connectivity index (χ0n) is 39.4. The minimum absolute atomic E-state index is 0.127. The molecule has 0 saturated heterocycles. The monoisotopic (exact) mass is 922 g/mol. The van der Waals surface area contributed by atoms with E-state index in [1.165, 1.54) is 44.1 Å². The van der Waals surface area contributed by atoms with Crippen LogP contribution >= 0.6 is 0 Å². The summed E-state index contributed by atoms with van der Waals surface area (Å²) >= 11 is 0. The molecule has 0 amide bonds. The van der Waals surface area contributed by atoms with Crippen molar-refractivity contribution in [1.82, 2.24) is 19.5 Å². The first-order valence-corrected chi connectivity index (χ1v) is 24.5. The lowest BCUT2D eigenvalue weighted by Gasteiger charge is -2.21. The van der Waals surface area contributed by atoms with Crippen molar-refractivity contribution in [2.45, 2.75) is 19.3 Å². The summed E-state index contributed by atoms with van der Waals surface area (Å²) in [6, 6.07) is 77.1. The van der Waals surface area contributed by atoms with Gasteiger partial charge in [-0.3, -0.25) is 0 Å². The van der Waals surface area contributed by atoms with E-state index in [4.69, 9.17) is 23.8 Å². The Bertz CT molecular complexity index is 4530. The summed E-state index contributed by atoms with van der Waals surface area (Å²) in [6.45, 7) is 4.71. The van der Waals surface area contributed by atoms with Gasteiger partial charge in [0.1, 0.15) is 22.3 Å². The van der Waals surface area contributed by atoms with Crippen LogP contribution in [-0.4, -0.2) is 19.5 Å². The summed E-state index contributed by atoms with van der Waals surface area (Å²) < 4.78 is 15.7. The number of nitrogens with zero attached hydrogens (tertiary/aromatic N) is 4. The van der Waals surface area contributed by atoms with Crippen LogP contribution in [0.15, 0.2) is 227 Å². The average molecular weight is 923 g/mol. The van der Waals surface area contributed by atoms with Gasteiger partial charge in [-0.2, -0.15) is 0 Å². The Morgan fingerprint density at radius 2 is 0.931 bits per heavy atom. The minimum atomic E-state index is -0.127. The third-order valence-electron chi connectivity index (χ3n) is 15.0. The van der Waals surface area contributed by atoms with Gasteiger partial charge in [-0.15, -0.1) is 0 Å². The second kappa shape index (κ2) is 15.3. The van der Waals surface area contributed by atoms with Gasteiger partial charge in [0, 0.05) is 60.1 Å². The molecule has 0 bridgehead atoms. The highest BCUT2D eigenvalue weighted by atomic mass is 16.3. The van der Waals surface area contributed by atoms with Crippen LogP contribution in [0.2, 0.25) is 0 Å². The van der Waals surface area contributed by atoms with E-state index in [2.05, 4.69) is 176 Å². The van der Waals surface area contributed by atoms with E-state index in [9.17, 15) is 0 Å². The highest BCUT2D eigenvalue weighted by Gasteiger charge is 2.36. The molecule has 0 aliphatic heterocycles. The minimum Gasteiger partial charge on any atom is -0.456 e. The molecule has 0 spiro atoms. The third kappa shape index (κ3) is 6.05. The van der Waals surface area contributed by atoms with Gasteiger partial charge in [-0.05, 0) is 117 Å². The summed E-state index contributed by atoms with van der Waals surface area (Å²) in [7, 11) is 0. The molecule has 0 radical (unpaired) electrons. The average Bonchev–Trinajstić information content (AvgIpc) is 4.16. The molecule has 1 aliphatic carbocycles. The van der Waals surface area contributed by atoms with Crippen molar-refractivity contribution < 1.29 is 8.83 Å². The first kappa shape index (κ1) is 40.5. The smallest absolute Gasteiger partial charge is 0.164 e. The van der Waals surface area contributed by atoms with E-state index >= 15 is 0 Å². The Balaban J connectivity index is 0.918. The molecule has 0 saturated carbocycles. The van der Waals surface area contributed by atoms with Gasteiger partial charge in [-0.25, -0.2) is 15.0 Å². The summed E-state index contributed by atoms with van der Waals surface area (Å²) in [5, 5.41) is 6.50. The zero-order chi connectivity index (χ0) is 47.7. The number of benzene rings is 10. The molecule has 15 rings (SSSR count). The number of furan rings is 2. The lowest BCUT2D eigenvalue weighted by Crippen LogP contribution is -2.14. The number of hydrogen-bond donors (Lipinski definition) is 0. The molecule has 6 nitrogen and oxygen atoms in total. The lowest BCUT2D eigenvalue weighted by atomic mass is 9.82. The normalized spacial score (nSPS) is 13.0. The van der Waals surface area contributed by atoms with E-state index in [0.717, 1.165) is 88.5 Å². The van der Waals surface area contributed by atoms with Gasteiger partial charge in [0.15, 0.2) is 17.5 Å². The summed E-state index contributed by atoms with van der Waals surface area (Å²) in [6.07, 6.45) is 0. The van der Waals surface area contributed by atoms with Crippen LogP contribution in [0.3, 0.4) is 0 Å². The van der Waals surface area contributed by atoms with E-state index in [1.54, 1.807) is 0 Å². The predicted octanol–water partition coefficient (Wildman–Crippen LogP) is 17.4. The van der Waals surface area contributed by atoms with E-state index in [1.807, 2.05) is 60.7 Å². The largest absolute Gasteiger partial charge is 0.456 e. The molecule has 0 unspecified atom stereocenters. The van der Waals surface area contributed by atoms with Crippen molar-refractivity contribution in [3.63, 3.8) is 0 Å². The fourth-order valence-corrected chi connectivity index (χ4v) is 11.6. The molecule has 4 heterocycles. The first-order valence-electron chi connectivity index (χ1n) is 24.5. The number of aromatic nitrogens is 4. The van der Waals surface area contributed by atoms with Crippen LogP contribution in [0.1, 0.15) is 25.0 Å². The van der Waals surface area contributed by atoms with Gasteiger partial charge in [0.2, 0.25) is 0 Å². The highest BCUT2D eigenvalue weighted by molar-refractivity contribution is 6.16. The molecular formula is C66H42N4O2. The van der Waals surface area contributed by atoms with Crippen LogP contribution in [0.4, 0.5) is 0 Å². The maximum atomic E-state index is 6.66. The van der Waals surface area contributed by atoms with Crippen molar-refractivity contribution in [3.8, 4) is 73.2 Å². The fraction of sp³-hybridized carbons (Fsp3) is 0.0455. The predicted molar refractivity (Wildman–Crippen MR) is 293 cm³/mol. The van der Waals surface area contributed by atoms with E-state index in [-0.39, 0.29) is 5.41 Å². The van der Waals surface area contributed by atoms with Crippen molar-refractivity contribution in [2.75, 3.05) is 0 Å². The number of rotatable bonds is 6. The molecule has 10 aromatic carbocycles. The van der Waals surface area contributed by atoms with Crippen LogP contribution < -0.4 is 0 Å². The first-order chi connectivity index (χ1) is 35.4. The molecule has 0 atom stereocenters. The van der Waals surface area contributed by atoms with Gasteiger partial charge in [0.25, 0.3) is 0 Å². The van der Waals surface area contributed by atoms with Crippen molar-refractivity contribution in [2.24, 2.45) is 0 Å². The Morgan fingerprint density at radius 3 is 1.75 bits per heavy atom. The second-order valence-electron chi connectivity index (χ2n) is 19.5. The molecule has 6 heteroatoms. The van der Waals surface area contributed by atoms with E-state index in [0.29, 0.717) is 17.5 Å². The Labute approximate surface area is 414 Å². The second-order valence-corrected chi connectivity index (χ2v) is 19.5. The van der Waals surface area contributed by atoms with Gasteiger partial charge in [-0.1, -0.05) is 159 Å². The Hall–Kier alpha value is -9.39. The van der Waals surface area contributed by atoms with Gasteiger partial charge < -0.3 is 13.4 Å². The van der Waals surface area contributed by atoms with Crippen molar-refractivity contribution in [3.05, 3.63) is 230 Å². The fourth-order valence-electron chi connectivity index (χ4n) is 11.6. The third-order valence-corrected chi connectivity index (χ3v) is 15.0. The van der Waals surface area contributed by atoms with Crippen LogP contribution in [0, 0.1) is 0 Å². The molecular weight excluding hydrogens is 881 g/mol. The van der Waals surface area contributed by atoms with Crippen LogP contribution in [0.5, 0.6) is 0 Å². The molecule has 4 aromatic heterocycles. The summed E-state index contributed by atoms with van der Waals surface area (Å²) in [4.78, 5) is 15.8.